The molecule has 0 radical (unpaired) electrons. The third-order valence-corrected chi connectivity index (χ3v) is 6.34. The van der Waals surface area contributed by atoms with Crippen LogP contribution in [0.1, 0.15) is 17.7 Å². The van der Waals surface area contributed by atoms with Crippen molar-refractivity contribution >= 4 is 28.9 Å². The minimum atomic E-state index is -0.215. The summed E-state index contributed by atoms with van der Waals surface area (Å²) in [5.74, 6) is -0.322. The fourth-order valence-corrected chi connectivity index (χ4v) is 5.10. The van der Waals surface area contributed by atoms with Crippen molar-refractivity contribution in [2.75, 3.05) is 0 Å². The second kappa shape index (κ2) is 5.78. The molecule has 1 aromatic carbocycles. The first kappa shape index (κ1) is 16.2. The zero-order valence-electron chi connectivity index (χ0n) is 15.2. The van der Waals surface area contributed by atoms with E-state index in [1.807, 2.05) is 31.2 Å². The molecule has 0 unspecified atom stereocenters. The number of rotatable bonds is 4. The summed E-state index contributed by atoms with van der Waals surface area (Å²) in [6.07, 6.45) is 8.65. The van der Waals surface area contributed by atoms with Gasteiger partial charge in [0.25, 0.3) is 11.8 Å². The molecule has 0 N–H and O–H groups in total. The molecule has 2 fully saturated rings. The number of hydrazone groups is 1. The summed E-state index contributed by atoms with van der Waals surface area (Å²) in [4.78, 5) is 25.6. The van der Waals surface area contributed by atoms with Crippen LogP contribution in [0.4, 0.5) is 0 Å². The number of amides is 2. The van der Waals surface area contributed by atoms with E-state index in [0.717, 1.165) is 33.6 Å². The monoisotopic (exact) mass is 359 g/mol. The normalized spacial score (nSPS) is 28.9. The van der Waals surface area contributed by atoms with E-state index in [1.54, 1.807) is 6.21 Å². The molecule has 1 saturated heterocycles. The van der Waals surface area contributed by atoms with E-state index >= 15 is 0 Å². The lowest BCUT2D eigenvalue weighted by atomic mass is 9.85. The SMILES string of the molecule is C=CCn1c(C)c(/C=N\N2C(=O)[C@@H]3[C@@H](C2=O)[C@H]2C=C[C@H]3C2)c2ccccc21. The topological polar surface area (TPSA) is 54.7 Å². The molecular formula is C22H21N3O2. The predicted octanol–water partition coefficient (Wildman–Crippen LogP) is 3.28. The molecule has 136 valence electrons. The molecule has 1 aromatic heterocycles. The van der Waals surface area contributed by atoms with Crippen LogP contribution in [0.5, 0.6) is 0 Å². The van der Waals surface area contributed by atoms with Gasteiger partial charge in [0, 0.05) is 28.7 Å². The Hall–Kier alpha value is -2.95. The number of benzene rings is 1. The summed E-state index contributed by atoms with van der Waals surface area (Å²) < 4.78 is 2.16. The van der Waals surface area contributed by atoms with Crippen LogP contribution < -0.4 is 0 Å². The van der Waals surface area contributed by atoms with Gasteiger partial charge in [0.05, 0.1) is 18.1 Å². The molecular weight excluding hydrogens is 338 g/mol. The number of hydrogen-bond acceptors (Lipinski definition) is 3. The van der Waals surface area contributed by atoms with Crippen LogP contribution in [0.25, 0.3) is 10.9 Å². The first-order chi connectivity index (χ1) is 13.1. The van der Waals surface area contributed by atoms with Crippen molar-refractivity contribution in [2.45, 2.75) is 19.9 Å². The molecule has 27 heavy (non-hydrogen) atoms. The van der Waals surface area contributed by atoms with Gasteiger partial charge in [0.2, 0.25) is 0 Å². The number of hydrogen-bond donors (Lipinski definition) is 0. The van der Waals surface area contributed by atoms with Gasteiger partial charge in [-0.15, -0.1) is 6.58 Å². The van der Waals surface area contributed by atoms with Crippen LogP contribution in [-0.4, -0.2) is 27.6 Å². The van der Waals surface area contributed by atoms with E-state index in [-0.39, 0.29) is 35.5 Å². The lowest BCUT2D eigenvalue weighted by Crippen LogP contribution is -2.28. The molecule has 2 amide bonds. The van der Waals surface area contributed by atoms with Gasteiger partial charge in [-0.05, 0) is 31.2 Å². The average Bonchev–Trinajstić information content (AvgIpc) is 3.40. The minimum Gasteiger partial charge on any atom is -0.340 e. The number of imide groups is 1. The maximum atomic E-state index is 12.8. The van der Waals surface area contributed by atoms with Gasteiger partial charge in [-0.1, -0.05) is 36.4 Å². The molecule has 0 spiro atoms. The highest BCUT2D eigenvalue weighted by Crippen LogP contribution is 2.52. The average molecular weight is 359 g/mol. The molecule has 2 heterocycles. The first-order valence-corrected chi connectivity index (χ1v) is 9.40. The summed E-state index contributed by atoms with van der Waals surface area (Å²) in [5.41, 5.74) is 3.07. The van der Waals surface area contributed by atoms with Crippen LogP contribution in [0.15, 0.2) is 54.2 Å². The zero-order valence-corrected chi connectivity index (χ0v) is 15.2. The number of carbonyl (C=O) groups is 2. The number of para-hydroxylation sites is 1. The van der Waals surface area contributed by atoms with Gasteiger partial charge >= 0.3 is 0 Å². The van der Waals surface area contributed by atoms with Crippen LogP contribution in [0.2, 0.25) is 0 Å². The van der Waals surface area contributed by atoms with E-state index in [1.165, 1.54) is 0 Å². The summed E-state index contributed by atoms with van der Waals surface area (Å²) in [7, 11) is 0. The second-order valence-electron chi connectivity index (χ2n) is 7.65. The van der Waals surface area contributed by atoms with Gasteiger partial charge in [0.1, 0.15) is 0 Å². The van der Waals surface area contributed by atoms with Crippen LogP contribution in [0, 0.1) is 30.6 Å². The molecule has 1 aliphatic heterocycles. The first-order valence-electron chi connectivity index (χ1n) is 9.40. The van der Waals surface area contributed by atoms with Gasteiger partial charge in [-0.3, -0.25) is 9.59 Å². The fraction of sp³-hybridized carbons (Fsp3) is 0.318. The Bertz CT molecular complexity index is 1020. The molecule has 5 rings (SSSR count). The van der Waals surface area contributed by atoms with Crippen LogP contribution in [-0.2, 0) is 16.1 Å². The van der Waals surface area contributed by atoms with E-state index in [9.17, 15) is 9.59 Å². The second-order valence-corrected chi connectivity index (χ2v) is 7.65. The molecule has 2 aliphatic carbocycles. The fourth-order valence-electron chi connectivity index (χ4n) is 5.10. The van der Waals surface area contributed by atoms with Crippen molar-refractivity contribution in [1.29, 1.82) is 0 Å². The van der Waals surface area contributed by atoms with Gasteiger partial charge in [-0.2, -0.15) is 10.1 Å². The quantitative estimate of drug-likeness (QED) is 0.478. The summed E-state index contributed by atoms with van der Waals surface area (Å²) in [6, 6.07) is 8.08. The van der Waals surface area contributed by atoms with E-state index < -0.39 is 0 Å². The van der Waals surface area contributed by atoms with E-state index in [2.05, 4.69) is 34.5 Å². The number of fused-ring (bicyclic) bond motifs is 6. The highest BCUT2D eigenvalue weighted by atomic mass is 16.2. The Kier molecular flexibility index (Phi) is 3.47. The molecule has 5 heteroatoms. The predicted molar refractivity (Wildman–Crippen MR) is 104 cm³/mol. The van der Waals surface area contributed by atoms with Crippen molar-refractivity contribution in [1.82, 2.24) is 9.58 Å². The Labute approximate surface area is 157 Å². The maximum absolute atomic E-state index is 12.8. The Balaban J connectivity index is 1.52. The standard InChI is InChI=1S/C22H21N3O2/c1-3-10-24-13(2)17(16-6-4-5-7-18(16)24)12-23-25-21(26)19-14-8-9-15(11-14)20(19)22(25)27/h3-9,12,14-15,19-20H,1,10-11H2,2H3/b23-12-/t14-,15-,19-,20-/m0/s1. The molecule has 5 nitrogen and oxygen atoms in total. The van der Waals surface area contributed by atoms with Crippen molar-refractivity contribution in [2.24, 2.45) is 28.8 Å². The van der Waals surface area contributed by atoms with Crippen LogP contribution in [0.3, 0.4) is 0 Å². The highest BCUT2D eigenvalue weighted by Gasteiger charge is 2.59. The van der Waals surface area contributed by atoms with E-state index in [0.29, 0.717) is 6.54 Å². The summed E-state index contributed by atoms with van der Waals surface area (Å²) >= 11 is 0. The van der Waals surface area contributed by atoms with Gasteiger partial charge in [0.15, 0.2) is 0 Å². The Morgan fingerprint density at radius 1 is 1.15 bits per heavy atom. The number of aromatic nitrogens is 1. The van der Waals surface area contributed by atoms with Crippen molar-refractivity contribution in [3.8, 4) is 0 Å². The molecule has 3 aliphatic rings. The third kappa shape index (κ3) is 2.14. The largest absolute Gasteiger partial charge is 0.340 e. The molecule has 2 aromatic rings. The number of nitrogens with zero attached hydrogens (tertiary/aromatic N) is 3. The third-order valence-electron chi connectivity index (χ3n) is 6.34. The molecule has 4 atom stereocenters. The lowest BCUT2D eigenvalue weighted by Gasteiger charge is -2.13. The number of allylic oxidation sites excluding steroid dienone is 3. The Morgan fingerprint density at radius 2 is 1.81 bits per heavy atom. The van der Waals surface area contributed by atoms with Gasteiger partial charge < -0.3 is 4.57 Å². The van der Waals surface area contributed by atoms with E-state index in [4.69, 9.17) is 0 Å². The van der Waals surface area contributed by atoms with Crippen molar-refractivity contribution in [3.63, 3.8) is 0 Å². The van der Waals surface area contributed by atoms with Crippen molar-refractivity contribution < 1.29 is 9.59 Å². The van der Waals surface area contributed by atoms with Crippen LogP contribution >= 0.6 is 0 Å². The zero-order chi connectivity index (χ0) is 18.7. The lowest BCUT2D eigenvalue weighted by molar-refractivity contribution is -0.140. The number of carbonyl (C=O) groups excluding carboxylic acids is 2. The summed E-state index contributed by atoms with van der Waals surface area (Å²) in [5, 5.41) is 6.53. The molecule has 2 bridgehead atoms. The Morgan fingerprint density at radius 3 is 2.48 bits per heavy atom. The molecule has 1 saturated carbocycles. The smallest absolute Gasteiger partial charge is 0.254 e. The minimum absolute atomic E-state index is 0.148. The van der Waals surface area contributed by atoms with Gasteiger partial charge in [-0.25, -0.2) is 0 Å². The highest BCUT2D eigenvalue weighted by molar-refractivity contribution is 6.08. The summed E-state index contributed by atoms with van der Waals surface area (Å²) in [6.45, 7) is 6.56. The maximum Gasteiger partial charge on any atom is 0.254 e. The van der Waals surface area contributed by atoms with Crippen molar-refractivity contribution in [3.05, 3.63) is 60.3 Å².